The standard InChI is InChI=1S/C14H19Cl2NO/c1-18-7-5-12-8-11(4-6-17-12)10-2-3-13(15)14(16)9-10/h2-3,9,11-12,17H,4-8H2,1H3/t11-,12+/m0/s1. The lowest BCUT2D eigenvalue weighted by atomic mass is 9.85. The Morgan fingerprint density at radius 2 is 2.17 bits per heavy atom. The molecule has 2 rings (SSSR count). The molecule has 0 aromatic heterocycles. The molecular formula is C14H19Cl2NO. The van der Waals surface area contributed by atoms with Crippen LogP contribution >= 0.6 is 23.2 Å². The molecule has 1 aliphatic rings. The van der Waals surface area contributed by atoms with E-state index in [4.69, 9.17) is 27.9 Å². The predicted molar refractivity (Wildman–Crippen MR) is 76.7 cm³/mol. The normalized spacial score (nSPS) is 24.2. The van der Waals surface area contributed by atoms with Gasteiger partial charge in [0.2, 0.25) is 0 Å². The quantitative estimate of drug-likeness (QED) is 0.908. The summed E-state index contributed by atoms with van der Waals surface area (Å²) in [6, 6.07) is 6.54. The van der Waals surface area contributed by atoms with Gasteiger partial charge in [-0.05, 0) is 49.4 Å². The second-order valence-electron chi connectivity index (χ2n) is 4.83. The highest BCUT2D eigenvalue weighted by atomic mass is 35.5. The van der Waals surface area contributed by atoms with Crippen molar-refractivity contribution < 1.29 is 4.74 Å². The summed E-state index contributed by atoms with van der Waals surface area (Å²) in [6.07, 6.45) is 3.36. The van der Waals surface area contributed by atoms with Crippen molar-refractivity contribution in [2.75, 3.05) is 20.3 Å². The Bertz CT molecular complexity index is 397. The average molecular weight is 288 g/mol. The van der Waals surface area contributed by atoms with E-state index in [9.17, 15) is 0 Å². The van der Waals surface area contributed by atoms with Crippen LogP contribution in [0.25, 0.3) is 0 Å². The van der Waals surface area contributed by atoms with Gasteiger partial charge in [0.15, 0.2) is 0 Å². The molecule has 1 aliphatic heterocycles. The molecule has 1 aromatic carbocycles. The van der Waals surface area contributed by atoms with Crippen molar-refractivity contribution in [1.82, 2.24) is 5.32 Å². The lowest BCUT2D eigenvalue weighted by Crippen LogP contribution is -2.38. The highest BCUT2D eigenvalue weighted by Crippen LogP contribution is 2.32. The molecule has 0 unspecified atom stereocenters. The molecule has 1 N–H and O–H groups in total. The van der Waals surface area contributed by atoms with Crippen LogP contribution in [0.5, 0.6) is 0 Å². The van der Waals surface area contributed by atoms with Crippen LogP contribution in [0, 0.1) is 0 Å². The van der Waals surface area contributed by atoms with Gasteiger partial charge in [0.1, 0.15) is 0 Å². The first-order valence-corrected chi connectivity index (χ1v) is 7.13. The third-order valence-corrected chi connectivity index (χ3v) is 4.32. The minimum atomic E-state index is 0.540. The van der Waals surface area contributed by atoms with Gasteiger partial charge >= 0.3 is 0 Å². The first-order chi connectivity index (χ1) is 8.70. The zero-order valence-electron chi connectivity index (χ0n) is 10.6. The lowest BCUT2D eigenvalue weighted by molar-refractivity contribution is 0.174. The molecule has 2 atom stereocenters. The maximum absolute atomic E-state index is 6.09. The van der Waals surface area contributed by atoms with Crippen molar-refractivity contribution in [3.05, 3.63) is 33.8 Å². The summed E-state index contributed by atoms with van der Waals surface area (Å²) in [5.41, 5.74) is 1.30. The van der Waals surface area contributed by atoms with Crippen LogP contribution in [0.15, 0.2) is 18.2 Å². The Hall–Kier alpha value is -0.280. The third kappa shape index (κ3) is 3.61. The molecule has 0 amide bonds. The van der Waals surface area contributed by atoms with Crippen LogP contribution < -0.4 is 5.32 Å². The van der Waals surface area contributed by atoms with Crippen molar-refractivity contribution in [2.24, 2.45) is 0 Å². The highest BCUT2D eigenvalue weighted by molar-refractivity contribution is 6.42. The number of halogens is 2. The number of rotatable bonds is 4. The van der Waals surface area contributed by atoms with Crippen LogP contribution in [0.1, 0.15) is 30.7 Å². The molecule has 1 aromatic rings. The molecule has 0 saturated carbocycles. The number of methoxy groups -OCH3 is 1. The number of nitrogens with one attached hydrogen (secondary N) is 1. The van der Waals surface area contributed by atoms with Gasteiger partial charge in [-0.1, -0.05) is 29.3 Å². The summed E-state index contributed by atoms with van der Waals surface area (Å²) in [4.78, 5) is 0. The molecule has 0 radical (unpaired) electrons. The summed E-state index contributed by atoms with van der Waals surface area (Å²) < 4.78 is 5.14. The minimum Gasteiger partial charge on any atom is -0.385 e. The van der Waals surface area contributed by atoms with Crippen molar-refractivity contribution in [3.63, 3.8) is 0 Å². The van der Waals surface area contributed by atoms with Gasteiger partial charge in [0.25, 0.3) is 0 Å². The Morgan fingerprint density at radius 1 is 1.33 bits per heavy atom. The molecule has 100 valence electrons. The zero-order valence-corrected chi connectivity index (χ0v) is 12.1. The van der Waals surface area contributed by atoms with E-state index in [2.05, 4.69) is 11.4 Å². The largest absolute Gasteiger partial charge is 0.385 e. The van der Waals surface area contributed by atoms with E-state index in [1.807, 2.05) is 12.1 Å². The SMILES string of the molecule is COCC[C@@H]1C[C@@H](c2ccc(Cl)c(Cl)c2)CCN1. The van der Waals surface area contributed by atoms with Crippen LogP contribution in [-0.4, -0.2) is 26.3 Å². The van der Waals surface area contributed by atoms with Crippen LogP contribution in [-0.2, 0) is 4.74 Å². The van der Waals surface area contributed by atoms with Crippen LogP contribution in [0.3, 0.4) is 0 Å². The fraction of sp³-hybridized carbons (Fsp3) is 0.571. The fourth-order valence-corrected chi connectivity index (χ4v) is 2.86. The average Bonchev–Trinajstić information content (AvgIpc) is 2.40. The molecule has 0 spiro atoms. The minimum absolute atomic E-state index is 0.540. The topological polar surface area (TPSA) is 21.3 Å². The second-order valence-corrected chi connectivity index (χ2v) is 5.64. The monoisotopic (exact) mass is 287 g/mol. The summed E-state index contributed by atoms with van der Waals surface area (Å²) in [7, 11) is 1.75. The lowest BCUT2D eigenvalue weighted by Gasteiger charge is -2.30. The van der Waals surface area contributed by atoms with Crippen molar-refractivity contribution in [2.45, 2.75) is 31.2 Å². The van der Waals surface area contributed by atoms with Crippen molar-refractivity contribution in [3.8, 4) is 0 Å². The van der Waals surface area contributed by atoms with Crippen molar-refractivity contribution in [1.29, 1.82) is 0 Å². The van der Waals surface area contributed by atoms with E-state index < -0.39 is 0 Å². The van der Waals surface area contributed by atoms with Gasteiger partial charge in [-0.2, -0.15) is 0 Å². The molecule has 1 fully saturated rings. The maximum atomic E-state index is 6.09. The van der Waals surface area contributed by atoms with Gasteiger partial charge in [-0.15, -0.1) is 0 Å². The summed E-state index contributed by atoms with van der Waals surface area (Å²) in [6.45, 7) is 1.87. The smallest absolute Gasteiger partial charge is 0.0595 e. The molecule has 2 nitrogen and oxygen atoms in total. The Balaban J connectivity index is 2.01. The van der Waals surface area contributed by atoms with E-state index in [0.29, 0.717) is 22.0 Å². The van der Waals surface area contributed by atoms with Gasteiger partial charge < -0.3 is 10.1 Å². The molecule has 1 heterocycles. The van der Waals surface area contributed by atoms with E-state index in [-0.39, 0.29) is 0 Å². The van der Waals surface area contributed by atoms with Gasteiger partial charge in [-0.25, -0.2) is 0 Å². The predicted octanol–water partition coefficient (Wildman–Crippen LogP) is 3.87. The number of hydrogen-bond donors (Lipinski definition) is 1. The summed E-state index contributed by atoms with van der Waals surface area (Å²) >= 11 is 12.0. The first kappa shape index (κ1) is 14.1. The van der Waals surface area contributed by atoms with Crippen LogP contribution in [0.2, 0.25) is 10.0 Å². The fourth-order valence-electron chi connectivity index (χ4n) is 2.56. The number of piperidine rings is 1. The van der Waals surface area contributed by atoms with Gasteiger partial charge in [0.05, 0.1) is 10.0 Å². The highest BCUT2D eigenvalue weighted by Gasteiger charge is 2.22. The molecule has 1 saturated heterocycles. The van der Waals surface area contributed by atoms with Crippen molar-refractivity contribution >= 4 is 23.2 Å². The molecule has 4 heteroatoms. The van der Waals surface area contributed by atoms with Gasteiger partial charge in [-0.3, -0.25) is 0 Å². The Kier molecular flexibility index (Phi) is 5.31. The summed E-state index contributed by atoms with van der Waals surface area (Å²) in [5, 5.41) is 4.82. The van der Waals surface area contributed by atoms with Gasteiger partial charge in [0, 0.05) is 19.8 Å². The number of benzene rings is 1. The molecular weight excluding hydrogens is 269 g/mol. The van der Waals surface area contributed by atoms with E-state index in [1.54, 1.807) is 7.11 Å². The third-order valence-electron chi connectivity index (χ3n) is 3.58. The van der Waals surface area contributed by atoms with E-state index in [0.717, 1.165) is 32.4 Å². The zero-order chi connectivity index (χ0) is 13.0. The number of hydrogen-bond acceptors (Lipinski definition) is 2. The van der Waals surface area contributed by atoms with E-state index in [1.165, 1.54) is 5.56 Å². The van der Waals surface area contributed by atoms with Crippen LogP contribution in [0.4, 0.5) is 0 Å². The molecule has 0 bridgehead atoms. The Labute approximate surface area is 119 Å². The molecule has 0 aliphatic carbocycles. The maximum Gasteiger partial charge on any atom is 0.0595 e. The molecule has 18 heavy (non-hydrogen) atoms. The second kappa shape index (κ2) is 6.76. The Morgan fingerprint density at radius 3 is 2.89 bits per heavy atom. The number of ether oxygens (including phenoxy) is 1. The summed E-state index contributed by atoms with van der Waals surface area (Å²) in [5.74, 6) is 0.572. The van der Waals surface area contributed by atoms with E-state index >= 15 is 0 Å². The first-order valence-electron chi connectivity index (χ1n) is 6.38.